The molecule has 0 spiro atoms. The number of pyridine rings is 1. The van der Waals surface area contributed by atoms with Crippen LogP contribution in [0.2, 0.25) is 0 Å². The Bertz CT molecular complexity index is 1750. The van der Waals surface area contributed by atoms with E-state index < -0.39 is 24.0 Å². The van der Waals surface area contributed by atoms with Gasteiger partial charge in [-0.2, -0.15) is 20.0 Å². The first kappa shape index (κ1) is 22.9. The van der Waals surface area contributed by atoms with Crippen molar-refractivity contribution in [1.29, 1.82) is 5.26 Å². The summed E-state index contributed by atoms with van der Waals surface area (Å²) in [6.45, 7) is 2.16. The van der Waals surface area contributed by atoms with Crippen molar-refractivity contribution < 1.29 is 18.3 Å². The molecule has 6 rings (SSSR count). The Balaban J connectivity index is 1.65. The Labute approximate surface area is 208 Å². The van der Waals surface area contributed by atoms with Crippen LogP contribution in [0.15, 0.2) is 36.8 Å². The number of fused-ring (bicyclic) bond motifs is 2. The number of aryl methyl sites for hydroxylation is 2. The Kier molecular flexibility index (Phi) is 5.13. The van der Waals surface area contributed by atoms with Gasteiger partial charge in [-0.25, -0.2) is 18.2 Å². The summed E-state index contributed by atoms with van der Waals surface area (Å²) in [6.07, 6.45) is 1.16. The van der Waals surface area contributed by atoms with Crippen molar-refractivity contribution in [3.8, 4) is 28.3 Å². The van der Waals surface area contributed by atoms with Crippen molar-refractivity contribution >= 4 is 22.4 Å². The summed E-state index contributed by atoms with van der Waals surface area (Å²) in [6, 6.07) is 6.89. The van der Waals surface area contributed by atoms with Gasteiger partial charge in [-0.15, -0.1) is 0 Å². The zero-order valence-corrected chi connectivity index (χ0v) is 19.7. The van der Waals surface area contributed by atoms with Crippen LogP contribution >= 0.6 is 0 Å². The molecule has 1 N–H and O–H groups in total. The third-order valence-corrected chi connectivity index (χ3v) is 6.56. The highest BCUT2D eigenvalue weighted by atomic mass is 19.3. The Morgan fingerprint density at radius 2 is 1.97 bits per heavy atom. The van der Waals surface area contributed by atoms with Gasteiger partial charge < -0.3 is 10.0 Å². The van der Waals surface area contributed by atoms with Crippen molar-refractivity contribution in [2.24, 2.45) is 7.05 Å². The van der Waals surface area contributed by atoms with Crippen LogP contribution in [0.3, 0.4) is 0 Å². The minimum absolute atomic E-state index is 0.00107. The van der Waals surface area contributed by atoms with Crippen molar-refractivity contribution in [1.82, 2.24) is 29.4 Å². The van der Waals surface area contributed by atoms with E-state index in [1.165, 1.54) is 10.7 Å². The second-order valence-corrected chi connectivity index (χ2v) is 8.95. The second kappa shape index (κ2) is 8.28. The fraction of sp³-hybridized carbons (Fsp3) is 0.240. The third-order valence-electron chi connectivity index (χ3n) is 6.56. The molecule has 0 radical (unpaired) electrons. The lowest BCUT2D eigenvalue weighted by atomic mass is 9.96. The van der Waals surface area contributed by atoms with E-state index in [0.29, 0.717) is 39.2 Å². The molecule has 1 aliphatic heterocycles. The lowest BCUT2D eigenvalue weighted by Crippen LogP contribution is -2.51. The molecule has 1 aliphatic rings. The van der Waals surface area contributed by atoms with Gasteiger partial charge in [-0.3, -0.25) is 9.67 Å². The summed E-state index contributed by atoms with van der Waals surface area (Å²) in [5.74, 6) is -0.133. The van der Waals surface area contributed by atoms with E-state index in [4.69, 9.17) is 0 Å². The first-order valence-electron chi connectivity index (χ1n) is 11.4. The maximum Gasteiger partial charge on any atom is 0.283 e. The Morgan fingerprint density at radius 1 is 1.19 bits per heavy atom. The number of benzene rings is 1. The van der Waals surface area contributed by atoms with Gasteiger partial charge in [-0.05, 0) is 18.6 Å². The monoisotopic (exact) mass is 504 g/mol. The normalized spacial score (nSPS) is 14.1. The van der Waals surface area contributed by atoms with E-state index in [1.54, 1.807) is 60.2 Å². The number of aromatic nitrogens is 6. The highest BCUT2D eigenvalue weighted by Crippen LogP contribution is 2.41. The van der Waals surface area contributed by atoms with E-state index >= 15 is 4.39 Å². The number of alkyl halides is 2. The number of anilines is 1. The van der Waals surface area contributed by atoms with Gasteiger partial charge in [0.1, 0.15) is 28.7 Å². The van der Waals surface area contributed by atoms with E-state index in [0.717, 1.165) is 0 Å². The quantitative estimate of drug-likeness (QED) is 0.397. The van der Waals surface area contributed by atoms with Gasteiger partial charge in [0.05, 0.1) is 18.0 Å². The fourth-order valence-electron chi connectivity index (χ4n) is 4.84. The number of halogens is 3. The van der Waals surface area contributed by atoms with Crippen molar-refractivity contribution in [3.05, 3.63) is 59.6 Å². The lowest BCUT2D eigenvalue weighted by molar-refractivity contribution is 0.140. The average Bonchev–Trinajstić information content (AvgIpc) is 3.45. The molecular weight excluding hydrogens is 485 g/mol. The second-order valence-electron chi connectivity index (χ2n) is 8.95. The standard InChI is InChI=1S/C25H19F3N8O/c1-12-19(16-5-6-30-21-17(16)4-3-15(20(21)26)13-8-31-34(2)9-13)25(35-10-14(37)11-35)36-24(32-12)18(7-29)22(33-36)23(27)28/h3-6,8-9,14,23,37H,10-11H2,1-2H3. The number of hydrogen-bond acceptors (Lipinski definition) is 7. The van der Waals surface area contributed by atoms with Crippen molar-refractivity contribution in [2.45, 2.75) is 19.5 Å². The molecule has 0 unspecified atom stereocenters. The number of hydrogen-bond donors (Lipinski definition) is 1. The van der Waals surface area contributed by atoms with Crippen LogP contribution in [0.1, 0.15) is 23.4 Å². The number of aliphatic hydroxyl groups excluding tert-OH is 1. The average molecular weight is 504 g/mol. The molecule has 37 heavy (non-hydrogen) atoms. The van der Waals surface area contributed by atoms with Gasteiger partial charge in [0, 0.05) is 54.6 Å². The molecular formula is C25H19F3N8O. The van der Waals surface area contributed by atoms with Gasteiger partial charge in [0.15, 0.2) is 11.5 Å². The van der Waals surface area contributed by atoms with E-state index in [1.807, 2.05) is 0 Å². The Morgan fingerprint density at radius 3 is 2.62 bits per heavy atom. The first-order valence-corrected chi connectivity index (χ1v) is 11.4. The van der Waals surface area contributed by atoms with Crippen LogP contribution in [-0.2, 0) is 7.05 Å². The molecule has 0 aliphatic carbocycles. The predicted molar refractivity (Wildman–Crippen MR) is 129 cm³/mol. The number of rotatable bonds is 4. The van der Waals surface area contributed by atoms with Crippen molar-refractivity contribution in [3.63, 3.8) is 0 Å². The van der Waals surface area contributed by atoms with Crippen LogP contribution in [0.5, 0.6) is 0 Å². The summed E-state index contributed by atoms with van der Waals surface area (Å²) in [5.41, 5.74) is 1.62. The van der Waals surface area contributed by atoms with Crippen LogP contribution < -0.4 is 4.90 Å². The van der Waals surface area contributed by atoms with Gasteiger partial charge >= 0.3 is 0 Å². The van der Waals surface area contributed by atoms with Crippen LogP contribution in [0, 0.1) is 24.1 Å². The molecule has 186 valence electrons. The molecule has 1 fully saturated rings. The van der Waals surface area contributed by atoms with Gasteiger partial charge in [-0.1, -0.05) is 12.1 Å². The molecule has 0 atom stereocenters. The molecule has 0 bridgehead atoms. The SMILES string of the molecule is Cc1nc2c(C#N)c(C(F)F)nn2c(N2CC(O)C2)c1-c1ccnc2c(F)c(-c3cnn(C)c3)ccc12. The van der Waals surface area contributed by atoms with Crippen LogP contribution in [0.25, 0.3) is 38.8 Å². The maximum atomic E-state index is 15.7. The molecule has 9 nitrogen and oxygen atoms in total. The summed E-state index contributed by atoms with van der Waals surface area (Å²) in [5, 5.41) is 28.2. The number of aliphatic hydroxyl groups is 1. The molecule has 0 amide bonds. The largest absolute Gasteiger partial charge is 0.389 e. The molecule has 1 saturated heterocycles. The molecule has 1 aromatic carbocycles. The molecule has 5 aromatic rings. The lowest BCUT2D eigenvalue weighted by Gasteiger charge is -2.39. The van der Waals surface area contributed by atoms with E-state index in [-0.39, 0.29) is 29.8 Å². The number of nitriles is 1. The summed E-state index contributed by atoms with van der Waals surface area (Å²) in [4.78, 5) is 10.5. The maximum absolute atomic E-state index is 15.7. The zero-order chi connectivity index (χ0) is 26.0. The molecule has 0 saturated carbocycles. The smallest absolute Gasteiger partial charge is 0.283 e. The van der Waals surface area contributed by atoms with Gasteiger partial charge in [0.2, 0.25) is 0 Å². The van der Waals surface area contributed by atoms with E-state index in [2.05, 4.69) is 20.2 Å². The van der Waals surface area contributed by atoms with Crippen LogP contribution in [0.4, 0.5) is 19.0 Å². The highest BCUT2D eigenvalue weighted by molar-refractivity contribution is 6.00. The minimum Gasteiger partial charge on any atom is -0.389 e. The summed E-state index contributed by atoms with van der Waals surface area (Å²) in [7, 11) is 1.74. The van der Waals surface area contributed by atoms with Crippen molar-refractivity contribution in [2.75, 3.05) is 18.0 Å². The summed E-state index contributed by atoms with van der Waals surface area (Å²) < 4.78 is 46.0. The number of β-amino-alcohol motifs (C(OH)–C–C–N with tert-alkyl or cyclic N) is 1. The number of nitrogens with zero attached hydrogens (tertiary/aromatic N) is 8. The summed E-state index contributed by atoms with van der Waals surface area (Å²) >= 11 is 0. The molecule has 5 heterocycles. The van der Waals surface area contributed by atoms with Crippen LogP contribution in [-0.4, -0.2) is 53.7 Å². The highest BCUT2D eigenvalue weighted by Gasteiger charge is 2.33. The minimum atomic E-state index is -2.98. The molecule has 12 heteroatoms. The third kappa shape index (κ3) is 3.42. The first-order chi connectivity index (χ1) is 17.8. The topological polar surface area (TPSA) is 108 Å². The van der Waals surface area contributed by atoms with E-state index in [9.17, 15) is 19.1 Å². The molecule has 4 aromatic heterocycles. The van der Waals surface area contributed by atoms with Gasteiger partial charge in [0.25, 0.3) is 6.43 Å². The predicted octanol–water partition coefficient (Wildman–Crippen LogP) is 3.78. The zero-order valence-electron chi connectivity index (χ0n) is 19.7. The fourth-order valence-corrected chi connectivity index (χ4v) is 4.84. The Hall–Kier alpha value is -4.50.